The van der Waals surface area contributed by atoms with E-state index in [4.69, 9.17) is 18.9 Å². The predicted molar refractivity (Wildman–Crippen MR) is 168 cm³/mol. The summed E-state index contributed by atoms with van der Waals surface area (Å²) in [6, 6.07) is 14.2. The Labute approximate surface area is 257 Å². The molecule has 240 valence electrons. The molecule has 0 saturated heterocycles. The fraction of sp³-hybridized carbons (Fsp3) is 0.548. The van der Waals surface area contributed by atoms with Gasteiger partial charge in [0, 0.05) is 6.04 Å². The number of ether oxygens (including phenoxy) is 4. The van der Waals surface area contributed by atoms with Gasteiger partial charge in [-0.1, -0.05) is 26.2 Å². The fourth-order valence-electron chi connectivity index (χ4n) is 4.29. The maximum absolute atomic E-state index is 12.5. The third-order valence-electron chi connectivity index (χ3n) is 6.58. The topological polar surface area (TPSA) is 152 Å². The standard InChI is InChI=1S/C31H48O10Si2/c1-25(24-43(3,36)37)30(32)40-22-10-5-4-8-20-38-27-14-12-26(13-15-27)31(33)41-29-18-16-28(17-19-29)39-21-9-6-7-11-23-42(2,34)35/h12-19,25,34-37H,4-11,20-24H2,1-3H3. The maximum Gasteiger partial charge on any atom is 0.343 e. The number of carbonyl (C=O) groups excluding carboxylic acids is 2. The first-order valence-corrected chi connectivity index (χ1v) is 20.3. The first-order chi connectivity index (χ1) is 20.3. The van der Waals surface area contributed by atoms with E-state index in [-0.39, 0.29) is 6.04 Å². The molecule has 43 heavy (non-hydrogen) atoms. The summed E-state index contributed by atoms with van der Waals surface area (Å²) in [5, 5.41) is 0. The molecule has 1 unspecified atom stereocenters. The minimum absolute atomic E-state index is 0.0687. The van der Waals surface area contributed by atoms with E-state index in [1.807, 2.05) is 0 Å². The van der Waals surface area contributed by atoms with Crippen LogP contribution in [0.2, 0.25) is 25.2 Å². The Kier molecular flexibility index (Phi) is 15.9. The first-order valence-electron chi connectivity index (χ1n) is 15.1. The lowest BCUT2D eigenvalue weighted by molar-refractivity contribution is -0.147. The molecule has 4 N–H and O–H groups in total. The monoisotopic (exact) mass is 636 g/mol. The highest BCUT2D eigenvalue weighted by molar-refractivity contribution is 6.63. The van der Waals surface area contributed by atoms with E-state index >= 15 is 0 Å². The van der Waals surface area contributed by atoms with E-state index in [1.165, 1.54) is 13.1 Å². The van der Waals surface area contributed by atoms with E-state index in [2.05, 4.69) is 0 Å². The van der Waals surface area contributed by atoms with E-state index in [0.29, 0.717) is 48.7 Å². The summed E-state index contributed by atoms with van der Waals surface area (Å²) in [5.41, 5.74) is 0.409. The molecule has 0 aromatic heterocycles. The van der Waals surface area contributed by atoms with Crippen LogP contribution < -0.4 is 14.2 Å². The number of esters is 2. The molecule has 0 saturated carbocycles. The van der Waals surface area contributed by atoms with Gasteiger partial charge in [0.2, 0.25) is 0 Å². The van der Waals surface area contributed by atoms with Crippen LogP contribution in [0, 0.1) is 5.92 Å². The van der Waals surface area contributed by atoms with Crippen molar-refractivity contribution in [1.82, 2.24) is 0 Å². The van der Waals surface area contributed by atoms with Crippen molar-refractivity contribution in [2.45, 2.75) is 83.5 Å². The van der Waals surface area contributed by atoms with Crippen molar-refractivity contribution >= 4 is 29.1 Å². The van der Waals surface area contributed by atoms with E-state index in [1.54, 1.807) is 55.5 Å². The van der Waals surface area contributed by atoms with Crippen molar-refractivity contribution in [1.29, 1.82) is 0 Å². The second-order valence-electron chi connectivity index (χ2n) is 11.4. The van der Waals surface area contributed by atoms with Crippen molar-refractivity contribution in [2.24, 2.45) is 5.92 Å². The lowest BCUT2D eigenvalue weighted by atomic mass is 10.2. The predicted octanol–water partition coefficient (Wildman–Crippen LogP) is 5.08. The van der Waals surface area contributed by atoms with Gasteiger partial charge in [-0.05, 0) is 99.8 Å². The lowest BCUT2D eigenvalue weighted by Crippen LogP contribution is -2.34. The second kappa shape index (κ2) is 18.8. The largest absolute Gasteiger partial charge is 0.494 e. The molecule has 0 aliphatic carbocycles. The summed E-state index contributed by atoms with van der Waals surface area (Å²) in [5.74, 6) is 0.390. The molecule has 0 aliphatic rings. The zero-order valence-corrected chi connectivity index (χ0v) is 27.6. The Morgan fingerprint density at radius 1 is 0.651 bits per heavy atom. The summed E-state index contributed by atoms with van der Waals surface area (Å²) >= 11 is 0. The van der Waals surface area contributed by atoms with E-state index < -0.39 is 35.0 Å². The number of hydrogen-bond donors (Lipinski definition) is 4. The van der Waals surface area contributed by atoms with Crippen LogP contribution in [0.15, 0.2) is 48.5 Å². The highest BCUT2D eigenvalue weighted by Crippen LogP contribution is 2.21. The minimum atomic E-state index is -3.27. The van der Waals surface area contributed by atoms with Gasteiger partial charge in [-0.3, -0.25) is 4.79 Å². The van der Waals surface area contributed by atoms with Crippen molar-refractivity contribution in [3.05, 3.63) is 54.1 Å². The normalized spacial score (nSPS) is 12.4. The number of hydrogen-bond acceptors (Lipinski definition) is 10. The smallest absolute Gasteiger partial charge is 0.343 e. The molecule has 2 aromatic carbocycles. The van der Waals surface area contributed by atoms with Crippen molar-refractivity contribution in [3.8, 4) is 17.2 Å². The lowest BCUT2D eigenvalue weighted by Gasteiger charge is -2.16. The van der Waals surface area contributed by atoms with Crippen LogP contribution in [0.1, 0.15) is 68.6 Å². The van der Waals surface area contributed by atoms with Gasteiger partial charge in [0.05, 0.1) is 31.3 Å². The zero-order valence-electron chi connectivity index (χ0n) is 25.6. The molecule has 10 nitrogen and oxygen atoms in total. The van der Waals surface area contributed by atoms with Gasteiger partial charge < -0.3 is 38.1 Å². The first kappa shape index (κ1) is 36.4. The Morgan fingerprint density at radius 2 is 1.12 bits per heavy atom. The molecule has 0 spiro atoms. The van der Waals surface area contributed by atoms with Gasteiger partial charge in [-0.2, -0.15) is 0 Å². The third kappa shape index (κ3) is 17.2. The highest BCUT2D eigenvalue weighted by Gasteiger charge is 2.29. The summed E-state index contributed by atoms with van der Waals surface area (Å²) in [4.78, 5) is 62.3. The molecule has 1 atom stereocenters. The SMILES string of the molecule is CC(C[Si](C)(O)O)C(=O)OCCCCCCOc1ccc(C(=O)Oc2ccc(OCCCCCC[Si](C)(O)O)cc2)cc1. The summed E-state index contributed by atoms with van der Waals surface area (Å²) in [7, 11) is -6.20. The maximum atomic E-state index is 12.5. The minimum Gasteiger partial charge on any atom is -0.494 e. The molecule has 0 aliphatic heterocycles. The Balaban J connectivity index is 1.57. The van der Waals surface area contributed by atoms with Crippen LogP contribution in [0.5, 0.6) is 17.2 Å². The van der Waals surface area contributed by atoms with E-state index in [9.17, 15) is 28.8 Å². The van der Waals surface area contributed by atoms with Crippen molar-refractivity contribution in [3.63, 3.8) is 0 Å². The second-order valence-corrected chi connectivity index (χ2v) is 17.1. The molecule has 0 amide bonds. The average molecular weight is 637 g/mol. The summed E-state index contributed by atoms with van der Waals surface area (Å²) in [6.45, 7) is 5.96. The van der Waals surface area contributed by atoms with Crippen molar-refractivity contribution < 1.29 is 47.7 Å². The number of unbranched alkanes of at least 4 members (excludes halogenated alkanes) is 6. The van der Waals surface area contributed by atoms with Gasteiger partial charge >= 0.3 is 29.1 Å². The number of benzene rings is 2. The van der Waals surface area contributed by atoms with Crippen LogP contribution in [0.25, 0.3) is 0 Å². The molecular formula is C31H48O10Si2. The van der Waals surface area contributed by atoms with Gasteiger partial charge in [0.15, 0.2) is 0 Å². The Morgan fingerprint density at radius 3 is 1.63 bits per heavy atom. The van der Waals surface area contributed by atoms with E-state index in [0.717, 1.165) is 51.4 Å². The Bertz CT molecular complexity index is 1080. The van der Waals surface area contributed by atoms with Crippen LogP contribution in [-0.2, 0) is 9.53 Å². The van der Waals surface area contributed by atoms with Crippen LogP contribution in [0.4, 0.5) is 0 Å². The molecular weight excluding hydrogens is 589 g/mol. The van der Waals surface area contributed by atoms with Crippen molar-refractivity contribution in [2.75, 3.05) is 19.8 Å². The van der Waals surface area contributed by atoms with Gasteiger partial charge in [0.1, 0.15) is 17.2 Å². The summed E-state index contributed by atoms with van der Waals surface area (Å²) in [6.07, 6.45) is 6.97. The van der Waals surface area contributed by atoms with Crippen LogP contribution in [0.3, 0.4) is 0 Å². The Hall–Kier alpha value is -2.75. The highest BCUT2D eigenvalue weighted by atomic mass is 28.4. The van der Waals surface area contributed by atoms with Crippen LogP contribution >= 0.6 is 0 Å². The zero-order chi connectivity index (χ0) is 31.7. The summed E-state index contributed by atoms with van der Waals surface area (Å²) < 4.78 is 22.2. The quantitative estimate of drug-likeness (QED) is 0.0632. The average Bonchev–Trinajstić information content (AvgIpc) is 2.93. The molecule has 12 heteroatoms. The molecule has 0 fully saturated rings. The molecule has 0 heterocycles. The molecule has 2 aromatic rings. The fourth-order valence-corrected chi connectivity index (χ4v) is 6.54. The van der Waals surface area contributed by atoms with Gasteiger partial charge in [-0.15, -0.1) is 0 Å². The molecule has 0 bridgehead atoms. The van der Waals surface area contributed by atoms with Gasteiger partial charge in [-0.25, -0.2) is 4.79 Å². The third-order valence-corrected chi connectivity index (χ3v) is 9.27. The number of carbonyl (C=O) groups is 2. The van der Waals surface area contributed by atoms with Gasteiger partial charge in [0.25, 0.3) is 0 Å². The number of rotatable bonds is 21. The molecule has 2 rings (SSSR count). The van der Waals surface area contributed by atoms with Crippen LogP contribution in [-0.4, -0.2) is 68.1 Å². The molecule has 0 radical (unpaired) electrons.